The lowest BCUT2D eigenvalue weighted by molar-refractivity contribution is -0.141. The van der Waals surface area contributed by atoms with Gasteiger partial charge in [-0.15, -0.1) is 0 Å². The second-order valence-electron chi connectivity index (χ2n) is 4.12. The molecule has 0 spiro atoms. The molecule has 0 aliphatic heterocycles. The van der Waals surface area contributed by atoms with Gasteiger partial charge in [-0.05, 0) is 27.9 Å². The minimum atomic E-state index is -1.02. The average molecular weight is 231 g/mol. The molecule has 0 aliphatic rings. The van der Waals surface area contributed by atoms with Gasteiger partial charge in [0.05, 0.1) is 0 Å². The quantitative estimate of drug-likeness (QED) is 0.701. The summed E-state index contributed by atoms with van der Waals surface area (Å²) in [6, 6.07) is -0.990. The summed E-state index contributed by atoms with van der Waals surface area (Å²) in [4.78, 5) is 25.4. The van der Waals surface area contributed by atoms with Crippen LogP contribution in [0.15, 0.2) is 0 Å². The molecule has 6 nitrogen and oxygen atoms in total. The van der Waals surface area contributed by atoms with Crippen molar-refractivity contribution in [3.05, 3.63) is 0 Å². The van der Waals surface area contributed by atoms with E-state index >= 15 is 0 Å². The van der Waals surface area contributed by atoms with E-state index in [1.807, 2.05) is 25.9 Å². The van der Waals surface area contributed by atoms with Crippen LogP contribution in [-0.2, 0) is 4.79 Å². The molecule has 94 valence electrons. The SMILES string of the molecule is CC(CNC(=O)N(C)C(C)C(=O)O)N(C)C. The van der Waals surface area contributed by atoms with Crippen LogP contribution in [0.3, 0.4) is 0 Å². The maximum absolute atomic E-state index is 11.5. The topological polar surface area (TPSA) is 72.9 Å². The maximum Gasteiger partial charge on any atom is 0.326 e. The highest BCUT2D eigenvalue weighted by Gasteiger charge is 2.21. The molecule has 0 saturated carbocycles. The van der Waals surface area contributed by atoms with E-state index in [0.717, 1.165) is 0 Å². The molecule has 16 heavy (non-hydrogen) atoms. The first-order valence-electron chi connectivity index (χ1n) is 5.17. The Bertz CT molecular complexity index is 256. The van der Waals surface area contributed by atoms with Crippen LogP contribution in [-0.4, -0.2) is 66.7 Å². The molecular formula is C10H21N3O3. The van der Waals surface area contributed by atoms with Crippen molar-refractivity contribution in [1.29, 1.82) is 0 Å². The van der Waals surface area contributed by atoms with Crippen LogP contribution < -0.4 is 5.32 Å². The minimum Gasteiger partial charge on any atom is -0.480 e. The van der Waals surface area contributed by atoms with Crippen LogP contribution in [0.25, 0.3) is 0 Å². The molecule has 0 aromatic rings. The molecule has 2 atom stereocenters. The van der Waals surface area contributed by atoms with Gasteiger partial charge in [0.15, 0.2) is 0 Å². The minimum absolute atomic E-state index is 0.206. The van der Waals surface area contributed by atoms with E-state index in [2.05, 4.69) is 5.32 Å². The summed E-state index contributed by atoms with van der Waals surface area (Å²) in [6.07, 6.45) is 0. The first-order chi connectivity index (χ1) is 7.27. The number of hydrogen-bond donors (Lipinski definition) is 2. The summed E-state index contributed by atoms with van der Waals surface area (Å²) in [6.45, 7) is 3.93. The maximum atomic E-state index is 11.5. The summed E-state index contributed by atoms with van der Waals surface area (Å²) in [7, 11) is 5.30. The summed E-state index contributed by atoms with van der Waals surface area (Å²) in [5.74, 6) is -1.02. The Morgan fingerprint density at radius 2 is 1.75 bits per heavy atom. The normalized spacial score (nSPS) is 14.4. The first-order valence-corrected chi connectivity index (χ1v) is 5.17. The third-order valence-electron chi connectivity index (χ3n) is 2.69. The van der Waals surface area contributed by atoms with E-state index in [1.165, 1.54) is 18.9 Å². The van der Waals surface area contributed by atoms with Crippen LogP contribution >= 0.6 is 0 Å². The summed E-state index contributed by atoms with van der Waals surface area (Å²) >= 11 is 0. The number of amides is 2. The molecule has 0 rings (SSSR count). The van der Waals surface area contributed by atoms with E-state index < -0.39 is 12.0 Å². The highest BCUT2D eigenvalue weighted by molar-refractivity contribution is 5.82. The fourth-order valence-electron chi connectivity index (χ4n) is 0.884. The molecule has 0 aromatic heterocycles. The van der Waals surface area contributed by atoms with Crippen LogP contribution in [0, 0.1) is 0 Å². The highest BCUT2D eigenvalue weighted by Crippen LogP contribution is 1.96. The fourth-order valence-corrected chi connectivity index (χ4v) is 0.884. The molecular weight excluding hydrogens is 210 g/mol. The van der Waals surface area contributed by atoms with E-state index in [9.17, 15) is 9.59 Å². The molecule has 0 fully saturated rings. The highest BCUT2D eigenvalue weighted by atomic mass is 16.4. The van der Waals surface area contributed by atoms with Crippen LogP contribution in [0.1, 0.15) is 13.8 Å². The van der Waals surface area contributed by atoms with Gasteiger partial charge in [-0.3, -0.25) is 0 Å². The Morgan fingerprint density at radius 1 is 1.25 bits per heavy atom. The Kier molecular flexibility index (Phi) is 5.81. The monoisotopic (exact) mass is 231 g/mol. The Balaban J connectivity index is 4.12. The molecule has 0 saturated heterocycles. The van der Waals surface area contributed by atoms with Crippen molar-refractivity contribution in [2.45, 2.75) is 25.9 Å². The molecule has 0 aliphatic carbocycles. The number of nitrogens with one attached hydrogen (secondary N) is 1. The number of rotatable bonds is 5. The molecule has 2 amide bonds. The Morgan fingerprint density at radius 3 is 2.12 bits per heavy atom. The second kappa shape index (κ2) is 6.32. The van der Waals surface area contributed by atoms with Crippen molar-refractivity contribution < 1.29 is 14.7 Å². The lowest BCUT2D eigenvalue weighted by atomic mass is 10.3. The van der Waals surface area contributed by atoms with Gasteiger partial charge < -0.3 is 20.2 Å². The molecule has 2 unspecified atom stereocenters. The predicted octanol–water partition coefficient (Wildman–Crippen LogP) is 0.0510. The van der Waals surface area contributed by atoms with Gasteiger partial charge in [0.2, 0.25) is 0 Å². The van der Waals surface area contributed by atoms with E-state index in [4.69, 9.17) is 5.11 Å². The second-order valence-corrected chi connectivity index (χ2v) is 4.12. The van der Waals surface area contributed by atoms with Crippen molar-refractivity contribution in [2.75, 3.05) is 27.7 Å². The predicted molar refractivity (Wildman–Crippen MR) is 61.4 cm³/mol. The largest absolute Gasteiger partial charge is 0.480 e. The summed E-state index contributed by atoms with van der Waals surface area (Å²) < 4.78 is 0. The smallest absolute Gasteiger partial charge is 0.326 e. The van der Waals surface area contributed by atoms with Gasteiger partial charge in [-0.25, -0.2) is 9.59 Å². The molecule has 0 radical (unpaired) electrons. The number of carboxylic acid groups (broad SMARTS) is 1. The first kappa shape index (κ1) is 14.7. The van der Waals surface area contributed by atoms with Crippen LogP contribution in [0.4, 0.5) is 4.79 Å². The van der Waals surface area contributed by atoms with Crippen molar-refractivity contribution in [3.63, 3.8) is 0 Å². The number of hydrogen-bond acceptors (Lipinski definition) is 3. The third-order valence-corrected chi connectivity index (χ3v) is 2.69. The van der Waals surface area contributed by atoms with Gasteiger partial charge in [0.25, 0.3) is 0 Å². The van der Waals surface area contributed by atoms with Crippen LogP contribution in [0.5, 0.6) is 0 Å². The van der Waals surface area contributed by atoms with E-state index in [1.54, 1.807) is 0 Å². The molecule has 0 heterocycles. The summed E-state index contributed by atoms with van der Waals surface area (Å²) in [5.41, 5.74) is 0. The zero-order chi connectivity index (χ0) is 12.9. The molecule has 6 heteroatoms. The number of urea groups is 1. The lowest BCUT2D eigenvalue weighted by Gasteiger charge is -2.25. The Hall–Kier alpha value is -1.30. The van der Waals surface area contributed by atoms with Crippen molar-refractivity contribution in [3.8, 4) is 0 Å². The number of carbonyl (C=O) groups excluding carboxylic acids is 1. The third kappa shape index (κ3) is 4.48. The molecule has 0 aromatic carbocycles. The van der Waals surface area contributed by atoms with Crippen molar-refractivity contribution in [2.24, 2.45) is 0 Å². The number of nitrogens with zero attached hydrogens (tertiary/aromatic N) is 2. The number of carbonyl (C=O) groups is 2. The zero-order valence-electron chi connectivity index (χ0n) is 10.5. The average Bonchev–Trinajstić information content (AvgIpc) is 2.22. The van der Waals surface area contributed by atoms with Gasteiger partial charge in [-0.1, -0.05) is 0 Å². The van der Waals surface area contributed by atoms with Gasteiger partial charge in [-0.2, -0.15) is 0 Å². The fraction of sp³-hybridized carbons (Fsp3) is 0.800. The molecule has 2 N–H and O–H groups in total. The number of aliphatic carboxylic acids is 1. The van der Waals surface area contributed by atoms with Crippen molar-refractivity contribution in [1.82, 2.24) is 15.1 Å². The zero-order valence-corrected chi connectivity index (χ0v) is 10.5. The Labute approximate surface area is 96.2 Å². The van der Waals surface area contributed by atoms with Gasteiger partial charge >= 0.3 is 12.0 Å². The van der Waals surface area contributed by atoms with E-state index in [0.29, 0.717) is 6.54 Å². The summed E-state index contributed by atoms with van der Waals surface area (Å²) in [5, 5.41) is 11.4. The number of carboxylic acids is 1. The van der Waals surface area contributed by atoms with E-state index in [-0.39, 0.29) is 12.1 Å². The lowest BCUT2D eigenvalue weighted by Crippen LogP contribution is -2.48. The van der Waals surface area contributed by atoms with Crippen LogP contribution in [0.2, 0.25) is 0 Å². The molecule has 0 bridgehead atoms. The van der Waals surface area contributed by atoms with Crippen molar-refractivity contribution >= 4 is 12.0 Å². The van der Waals surface area contributed by atoms with Gasteiger partial charge in [0.1, 0.15) is 6.04 Å². The number of likely N-dealkylation sites (N-methyl/N-ethyl adjacent to an activating group) is 2. The standard InChI is InChI=1S/C10H21N3O3/c1-7(12(3)4)6-11-10(16)13(5)8(2)9(14)15/h7-8H,6H2,1-5H3,(H,11,16)(H,14,15). The van der Waals surface area contributed by atoms with Gasteiger partial charge in [0, 0.05) is 19.6 Å².